The lowest BCUT2D eigenvalue weighted by Crippen LogP contribution is -2.04. The quantitative estimate of drug-likeness (QED) is 0.535. The third kappa shape index (κ3) is 3.42. The standard InChI is InChI=1S/C17H19N/c1-6-13(2)11-12-15(4)17(18-5)16-10-8-7-9-14(16)3/h6-12H,1-2,4H2,3,5H3/b12-11-,18-17?. The van der Waals surface area contributed by atoms with Gasteiger partial charge in [0.05, 0.1) is 5.71 Å². The minimum Gasteiger partial charge on any atom is -0.287 e. The molecule has 0 fully saturated rings. The van der Waals surface area contributed by atoms with Gasteiger partial charge in [-0.2, -0.15) is 0 Å². The van der Waals surface area contributed by atoms with E-state index in [0.717, 1.165) is 22.4 Å². The number of nitrogens with zero attached hydrogens (tertiary/aromatic N) is 1. The molecule has 0 heterocycles. The van der Waals surface area contributed by atoms with E-state index in [9.17, 15) is 0 Å². The van der Waals surface area contributed by atoms with E-state index in [1.807, 2.05) is 24.3 Å². The molecular weight excluding hydrogens is 218 g/mol. The molecule has 0 unspecified atom stereocenters. The second kappa shape index (κ2) is 6.55. The van der Waals surface area contributed by atoms with Crippen molar-refractivity contribution in [1.82, 2.24) is 0 Å². The first-order chi connectivity index (χ1) is 8.60. The molecule has 0 atom stereocenters. The zero-order chi connectivity index (χ0) is 13.5. The monoisotopic (exact) mass is 237 g/mol. The van der Waals surface area contributed by atoms with Crippen LogP contribution in [0.2, 0.25) is 0 Å². The second-order valence-corrected chi connectivity index (χ2v) is 4.02. The van der Waals surface area contributed by atoms with E-state index in [0.29, 0.717) is 0 Å². The molecule has 0 bridgehead atoms. The Labute approximate surface area is 110 Å². The average molecular weight is 237 g/mol. The van der Waals surface area contributed by atoms with Gasteiger partial charge in [-0.1, -0.05) is 62.2 Å². The highest BCUT2D eigenvalue weighted by Crippen LogP contribution is 2.14. The molecule has 0 N–H and O–H groups in total. The highest BCUT2D eigenvalue weighted by atomic mass is 14.7. The molecule has 1 heteroatoms. The Hall–Kier alpha value is -2.15. The minimum absolute atomic E-state index is 0.858. The summed E-state index contributed by atoms with van der Waals surface area (Å²) in [5.74, 6) is 0. The van der Waals surface area contributed by atoms with Gasteiger partial charge < -0.3 is 0 Å². The van der Waals surface area contributed by atoms with Crippen molar-refractivity contribution in [1.29, 1.82) is 0 Å². The molecule has 1 aromatic carbocycles. The summed E-state index contributed by atoms with van der Waals surface area (Å²) >= 11 is 0. The molecule has 0 aliphatic carbocycles. The summed E-state index contributed by atoms with van der Waals surface area (Å²) in [6, 6.07) is 8.15. The smallest absolute Gasteiger partial charge is 0.0712 e. The molecule has 92 valence electrons. The fraction of sp³-hybridized carbons (Fsp3) is 0.118. The summed E-state index contributed by atoms with van der Waals surface area (Å²) in [6.07, 6.45) is 5.51. The van der Waals surface area contributed by atoms with Crippen molar-refractivity contribution in [3.05, 3.63) is 84.5 Å². The fourth-order valence-electron chi connectivity index (χ4n) is 1.63. The van der Waals surface area contributed by atoms with Crippen LogP contribution >= 0.6 is 0 Å². The zero-order valence-electron chi connectivity index (χ0n) is 11.1. The molecule has 0 saturated carbocycles. The largest absolute Gasteiger partial charge is 0.287 e. The molecule has 0 radical (unpaired) electrons. The van der Waals surface area contributed by atoms with Gasteiger partial charge in [-0.3, -0.25) is 4.99 Å². The van der Waals surface area contributed by atoms with E-state index >= 15 is 0 Å². The second-order valence-electron chi connectivity index (χ2n) is 4.02. The van der Waals surface area contributed by atoms with E-state index in [-0.39, 0.29) is 0 Å². The number of rotatable bonds is 5. The Kier molecular flexibility index (Phi) is 5.06. The first kappa shape index (κ1) is 13.9. The van der Waals surface area contributed by atoms with E-state index in [2.05, 4.69) is 43.8 Å². The van der Waals surface area contributed by atoms with Crippen LogP contribution in [-0.2, 0) is 0 Å². The predicted molar refractivity (Wildman–Crippen MR) is 81.3 cm³/mol. The molecule has 0 saturated heterocycles. The highest BCUT2D eigenvalue weighted by molar-refractivity contribution is 6.14. The molecular formula is C17H19N. The van der Waals surface area contributed by atoms with Crippen molar-refractivity contribution in [2.75, 3.05) is 7.05 Å². The number of benzene rings is 1. The molecule has 1 rings (SSSR count). The van der Waals surface area contributed by atoms with Gasteiger partial charge in [0.1, 0.15) is 0 Å². The summed E-state index contributed by atoms with van der Waals surface area (Å²) in [4.78, 5) is 4.33. The molecule has 0 aliphatic rings. The Bertz CT molecular complexity index is 530. The Morgan fingerprint density at radius 2 is 1.83 bits per heavy atom. The van der Waals surface area contributed by atoms with Gasteiger partial charge in [-0.15, -0.1) is 0 Å². The maximum absolute atomic E-state index is 4.33. The zero-order valence-corrected chi connectivity index (χ0v) is 11.1. The van der Waals surface area contributed by atoms with Crippen molar-refractivity contribution in [3.8, 4) is 0 Å². The topological polar surface area (TPSA) is 12.4 Å². The normalized spacial score (nSPS) is 11.6. The van der Waals surface area contributed by atoms with Crippen molar-refractivity contribution in [3.63, 3.8) is 0 Å². The lowest BCUT2D eigenvalue weighted by Gasteiger charge is -2.09. The van der Waals surface area contributed by atoms with E-state index in [1.165, 1.54) is 5.56 Å². The number of aliphatic imine (C=N–C) groups is 1. The predicted octanol–water partition coefficient (Wildman–Crippen LogP) is 4.27. The average Bonchev–Trinajstić information content (AvgIpc) is 2.39. The lowest BCUT2D eigenvalue weighted by molar-refractivity contribution is 1.38. The minimum atomic E-state index is 0.858. The van der Waals surface area contributed by atoms with Crippen LogP contribution in [0.4, 0.5) is 0 Å². The first-order valence-corrected chi connectivity index (χ1v) is 5.81. The van der Waals surface area contributed by atoms with Gasteiger partial charge in [0, 0.05) is 12.6 Å². The maximum Gasteiger partial charge on any atom is 0.0712 e. The van der Waals surface area contributed by atoms with Crippen molar-refractivity contribution in [2.24, 2.45) is 4.99 Å². The van der Waals surface area contributed by atoms with Crippen LogP contribution < -0.4 is 0 Å². The lowest BCUT2D eigenvalue weighted by atomic mass is 9.98. The molecule has 1 aromatic rings. The third-order valence-corrected chi connectivity index (χ3v) is 2.69. The Balaban J connectivity index is 3.03. The first-order valence-electron chi connectivity index (χ1n) is 5.81. The highest BCUT2D eigenvalue weighted by Gasteiger charge is 2.07. The number of hydrogen-bond donors (Lipinski definition) is 0. The number of hydrogen-bond acceptors (Lipinski definition) is 1. The molecule has 18 heavy (non-hydrogen) atoms. The van der Waals surface area contributed by atoms with Crippen LogP contribution in [-0.4, -0.2) is 12.8 Å². The van der Waals surface area contributed by atoms with Crippen LogP contribution in [0.5, 0.6) is 0 Å². The van der Waals surface area contributed by atoms with Crippen molar-refractivity contribution >= 4 is 5.71 Å². The molecule has 0 aliphatic heterocycles. The van der Waals surface area contributed by atoms with E-state index < -0.39 is 0 Å². The summed E-state index contributed by atoms with van der Waals surface area (Å²) in [5, 5.41) is 0. The summed E-state index contributed by atoms with van der Waals surface area (Å²) < 4.78 is 0. The van der Waals surface area contributed by atoms with E-state index in [4.69, 9.17) is 0 Å². The van der Waals surface area contributed by atoms with Gasteiger partial charge in [-0.25, -0.2) is 0 Å². The summed E-state index contributed by atoms with van der Waals surface area (Å²) in [7, 11) is 1.78. The van der Waals surface area contributed by atoms with Crippen LogP contribution in [0.1, 0.15) is 11.1 Å². The molecule has 0 amide bonds. The van der Waals surface area contributed by atoms with Crippen LogP contribution in [0.15, 0.2) is 78.4 Å². The SMILES string of the molecule is C=CC(=C)/C=C\C(=C)C(=NC)c1ccccc1C. The van der Waals surface area contributed by atoms with Gasteiger partial charge in [0.15, 0.2) is 0 Å². The van der Waals surface area contributed by atoms with Gasteiger partial charge >= 0.3 is 0 Å². The summed E-state index contributed by atoms with van der Waals surface area (Å²) in [5.41, 5.74) is 4.93. The third-order valence-electron chi connectivity index (χ3n) is 2.69. The van der Waals surface area contributed by atoms with E-state index in [1.54, 1.807) is 13.1 Å². The fourth-order valence-corrected chi connectivity index (χ4v) is 1.63. The maximum atomic E-state index is 4.33. The Morgan fingerprint density at radius 3 is 2.39 bits per heavy atom. The van der Waals surface area contributed by atoms with Gasteiger partial charge in [-0.05, 0) is 23.6 Å². The van der Waals surface area contributed by atoms with Crippen LogP contribution in [0.25, 0.3) is 0 Å². The van der Waals surface area contributed by atoms with Crippen molar-refractivity contribution < 1.29 is 0 Å². The van der Waals surface area contributed by atoms with Gasteiger partial charge in [0.25, 0.3) is 0 Å². The molecule has 1 nitrogen and oxygen atoms in total. The van der Waals surface area contributed by atoms with Crippen LogP contribution in [0.3, 0.4) is 0 Å². The number of aryl methyl sites for hydroxylation is 1. The summed E-state index contributed by atoms with van der Waals surface area (Å²) in [6.45, 7) is 13.6. The Morgan fingerprint density at radius 1 is 1.17 bits per heavy atom. The molecule has 0 spiro atoms. The van der Waals surface area contributed by atoms with Crippen LogP contribution in [0, 0.1) is 6.92 Å². The molecule has 0 aromatic heterocycles. The van der Waals surface area contributed by atoms with Gasteiger partial charge in [0.2, 0.25) is 0 Å². The number of allylic oxidation sites excluding steroid dienone is 5. The van der Waals surface area contributed by atoms with Crippen molar-refractivity contribution in [2.45, 2.75) is 6.92 Å².